The molecule has 0 aliphatic carbocycles. The third-order valence-electron chi connectivity index (χ3n) is 5.00. The van der Waals surface area contributed by atoms with Gasteiger partial charge in [0.1, 0.15) is 0 Å². The van der Waals surface area contributed by atoms with Crippen molar-refractivity contribution in [2.45, 2.75) is 53.5 Å². The molecule has 1 N–H and O–H groups in total. The summed E-state index contributed by atoms with van der Waals surface area (Å²) in [7, 11) is 0. The van der Waals surface area contributed by atoms with Crippen LogP contribution >= 0.6 is 0 Å². The predicted octanol–water partition coefficient (Wildman–Crippen LogP) is 2.07. The van der Waals surface area contributed by atoms with Gasteiger partial charge in [-0.05, 0) is 59.9 Å². The molecule has 0 aromatic heterocycles. The second-order valence-electron chi connectivity index (χ2n) is 6.55. The third kappa shape index (κ3) is 3.96. The first kappa shape index (κ1) is 18.0. The van der Waals surface area contributed by atoms with Gasteiger partial charge in [-0.25, -0.2) is 0 Å². The highest BCUT2D eigenvalue weighted by molar-refractivity contribution is 5.81. The molecule has 5 nitrogen and oxygen atoms in total. The minimum Gasteiger partial charge on any atom is -0.481 e. The van der Waals surface area contributed by atoms with E-state index in [0.29, 0.717) is 6.54 Å². The maximum absolute atomic E-state index is 12.5. The van der Waals surface area contributed by atoms with Crippen molar-refractivity contribution in [3.63, 3.8) is 0 Å². The van der Waals surface area contributed by atoms with Crippen LogP contribution in [0.15, 0.2) is 0 Å². The van der Waals surface area contributed by atoms with Gasteiger partial charge < -0.3 is 10.0 Å². The van der Waals surface area contributed by atoms with Gasteiger partial charge in [0, 0.05) is 19.6 Å². The molecular weight excluding hydrogens is 268 g/mol. The number of piperidine rings is 1. The SMILES string of the molecule is CCN(CC)C(=O)C(C)N1CCCC(C(C)(C)C(=O)O)C1. The summed E-state index contributed by atoms with van der Waals surface area (Å²) in [5.41, 5.74) is -0.739. The van der Waals surface area contributed by atoms with Crippen LogP contribution in [0.4, 0.5) is 0 Å². The zero-order valence-corrected chi connectivity index (χ0v) is 14.1. The Bertz CT molecular complexity index is 378. The average molecular weight is 298 g/mol. The quantitative estimate of drug-likeness (QED) is 0.815. The summed E-state index contributed by atoms with van der Waals surface area (Å²) in [5, 5.41) is 9.40. The molecule has 122 valence electrons. The number of carboxylic acids is 1. The third-order valence-corrected chi connectivity index (χ3v) is 5.00. The molecule has 0 bridgehead atoms. The van der Waals surface area contributed by atoms with Gasteiger partial charge >= 0.3 is 5.97 Å². The summed E-state index contributed by atoms with van der Waals surface area (Å²) >= 11 is 0. The van der Waals surface area contributed by atoms with E-state index in [4.69, 9.17) is 0 Å². The maximum Gasteiger partial charge on any atom is 0.309 e. The number of nitrogens with zero attached hydrogens (tertiary/aromatic N) is 2. The van der Waals surface area contributed by atoms with Gasteiger partial charge in [-0.2, -0.15) is 0 Å². The number of carbonyl (C=O) groups excluding carboxylic acids is 1. The highest BCUT2D eigenvalue weighted by Crippen LogP contribution is 2.34. The summed E-state index contributed by atoms with van der Waals surface area (Å²) in [6.07, 6.45) is 1.87. The van der Waals surface area contributed by atoms with Gasteiger partial charge in [0.2, 0.25) is 5.91 Å². The second-order valence-corrected chi connectivity index (χ2v) is 6.55. The monoisotopic (exact) mass is 298 g/mol. The van der Waals surface area contributed by atoms with Gasteiger partial charge in [-0.1, -0.05) is 0 Å². The number of hydrogen-bond donors (Lipinski definition) is 1. The topological polar surface area (TPSA) is 60.9 Å². The van der Waals surface area contributed by atoms with Crippen molar-refractivity contribution in [3.05, 3.63) is 0 Å². The smallest absolute Gasteiger partial charge is 0.309 e. The molecule has 2 unspecified atom stereocenters. The number of likely N-dealkylation sites (tertiary alicyclic amines) is 1. The summed E-state index contributed by atoms with van der Waals surface area (Å²) in [6, 6.07) is -0.169. The van der Waals surface area contributed by atoms with Crippen LogP contribution in [0.25, 0.3) is 0 Å². The van der Waals surface area contributed by atoms with E-state index in [-0.39, 0.29) is 17.9 Å². The fourth-order valence-electron chi connectivity index (χ4n) is 3.08. The summed E-state index contributed by atoms with van der Waals surface area (Å²) in [6.45, 7) is 12.5. The largest absolute Gasteiger partial charge is 0.481 e. The molecule has 1 rings (SSSR count). The van der Waals surface area contributed by atoms with Crippen LogP contribution in [-0.4, -0.2) is 59.0 Å². The van der Waals surface area contributed by atoms with Crippen LogP contribution in [-0.2, 0) is 9.59 Å². The molecule has 21 heavy (non-hydrogen) atoms. The predicted molar refractivity (Wildman–Crippen MR) is 83.1 cm³/mol. The first-order valence-corrected chi connectivity index (χ1v) is 8.01. The summed E-state index contributed by atoms with van der Waals surface area (Å²) in [4.78, 5) is 27.9. The fourth-order valence-corrected chi connectivity index (χ4v) is 3.08. The van der Waals surface area contributed by atoms with Crippen LogP contribution in [0.1, 0.15) is 47.5 Å². The van der Waals surface area contributed by atoms with Crippen molar-refractivity contribution in [3.8, 4) is 0 Å². The molecule has 0 aromatic rings. The van der Waals surface area contributed by atoms with E-state index in [2.05, 4.69) is 4.90 Å². The van der Waals surface area contributed by atoms with Crippen LogP contribution in [0.2, 0.25) is 0 Å². The van der Waals surface area contributed by atoms with Crippen molar-refractivity contribution in [1.29, 1.82) is 0 Å². The first-order chi connectivity index (χ1) is 9.75. The van der Waals surface area contributed by atoms with E-state index in [0.717, 1.165) is 32.5 Å². The van der Waals surface area contributed by atoms with Gasteiger partial charge in [-0.3, -0.25) is 14.5 Å². The molecule has 1 saturated heterocycles. The number of carbonyl (C=O) groups is 2. The van der Waals surface area contributed by atoms with Crippen LogP contribution in [0.5, 0.6) is 0 Å². The zero-order valence-electron chi connectivity index (χ0n) is 14.1. The molecule has 5 heteroatoms. The van der Waals surface area contributed by atoms with E-state index < -0.39 is 11.4 Å². The number of likely N-dealkylation sites (N-methyl/N-ethyl adjacent to an activating group) is 1. The average Bonchev–Trinajstić information content (AvgIpc) is 2.47. The second kappa shape index (κ2) is 7.25. The lowest BCUT2D eigenvalue weighted by molar-refractivity contribution is -0.152. The minimum atomic E-state index is -0.753. The Labute approximate surface area is 128 Å². The molecule has 1 amide bonds. The number of amides is 1. The molecule has 0 aromatic carbocycles. The Kier molecular flexibility index (Phi) is 6.20. The number of carboxylic acid groups (broad SMARTS) is 1. The molecular formula is C16H30N2O3. The Morgan fingerprint density at radius 1 is 1.33 bits per heavy atom. The maximum atomic E-state index is 12.5. The molecule has 1 heterocycles. The Hall–Kier alpha value is -1.10. The van der Waals surface area contributed by atoms with Gasteiger partial charge in [0.25, 0.3) is 0 Å². The number of hydrogen-bond acceptors (Lipinski definition) is 3. The van der Waals surface area contributed by atoms with Crippen molar-refractivity contribution in [2.24, 2.45) is 11.3 Å². The van der Waals surface area contributed by atoms with E-state index in [1.165, 1.54) is 0 Å². The van der Waals surface area contributed by atoms with Crippen molar-refractivity contribution < 1.29 is 14.7 Å². The van der Waals surface area contributed by atoms with Gasteiger partial charge in [-0.15, -0.1) is 0 Å². The van der Waals surface area contributed by atoms with E-state index in [1.54, 1.807) is 13.8 Å². The molecule has 1 aliphatic rings. The lowest BCUT2D eigenvalue weighted by Crippen LogP contribution is -2.53. The van der Waals surface area contributed by atoms with Crippen molar-refractivity contribution >= 4 is 11.9 Å². The fraction of sp³-hybridized carbons (Fsp3) is 0.875. The molecule has 0 spiro atoms. The van der Waals surface area contributed by atoms with Crippen molar-refractivity contribution in [2.75, 3.05) is 26.2 Å². The molecule has 0 saturated carbocycles. The molecule has 1 fully saturated rings. The Balaban J connectivity index is 2.76. The molecule has 2 atom stereocenters. The first-order valence-electron chi connectivity index (χ1n) is 8.01. The van der Waals surface area contributed by atoms with Crippen LogP contribution in [0.3, 0.4) is 0 Å². The zero-order chi connectivity index (χ0) is 16.2. The summed E-state index contributed by atoms with van der Waals surface area (Å²) in [5.74, 6) is -0.512. The van der Waals surface area contributed by atoms with Gasteiger partial charge in [0.15, 0.2) is 0 Å². The minimum absolute atomic E-state index is 0.0932. The number of aliphatic carboxylic acids is 1. The number of rotatable bonds is 6. The lowest BCUT2D eigenvalue weighted by atomic mass is 9.74. The normalized spacial score (nSPS) is 21.9. The standard InChI is InChI=1S/C16H30N2O3/c1-6-17(7-2)14(19)12(3)18-10-8-9-13(11-18)16(4,5)15(20)21/h12-13H,6-11H2,1-5H3,(H,20,21). The molecule has 1 aliphatic heterocycles. The Morgan fingerprint density at radius 2 is 1.90 bits per heavy atom. The van der Waals surface area contributed by atoms with Crippen LogP contribution < -0.4 is 0 Å². The lowest BCUT2D eigenvalue weighted by Gasteiger charge is -2.42. The van der Waals surface area contributed by atoms with E-state index in [9.17, 15) is 14.7 Å². The Morgan fingerprint density at radius 3 is 2.38 bits per heavy atom. The molecule has 0 radical (unpaired) electrons. The van der Waals surface area contributed by atoms with E-state index in [1.807, 2.05) is 25.7 Å². The van der Waals surface area contributed by atoms with Gasteiger partial charge in [0.05, 0.1) is 11.5 Å². The van der Waals surface area contributed by atoms with E-state index >= 15 is 0 Å². The summed E-state index contributed by atoms with van der Waals surface area (Å²) < 4.78 is 0. The van der Waals surface area contributed by atoms with Crippen LogP contribution in [0, 0.1) is 11.3 Å². The highest BCUT2D eigenvalue weighted by Gasteiger charge is 2.40. The van der Waals surface area contributed by atoms with Crippen molar-refractivity contribution in [1.82, 2.24) is 9.80 Å². The highest BCUT2D eigenvalue weighted by atomic mass is 16.4.